The minimum atomic E-state index is -0.414. The van der Waals surface area contributed by atoms with Crippen LogP contribution in [0.4, 0.5) is 16.2 Å². The van der Waals surface area contributed by atoms with Crippen LogP contribution < -0.4 is 15.4 Å². The lowest BCUT2D eigenvalue weighted by molar-refractivity contribution is 0.137. The molecule has 0 aliphatic rings. The smallest absolute Gasteiger partial charge is 0.407 e. The monoisotopic (exact) mass is 443 g/mol. The molecule has 0 fully saturated rings. The van der Waals surface area contributed by atoms with Crippen molar-refractivity contribution in [1.29, 1.82) is 0 Å². The summed E-state index contributed by atoms with van der Waals surface area (Å²) in [7, 11) is 1.68. The molecule has 0 aliphatic carbocycles. The number of methoxy groups -OCH3 is 1. The first-order valence-corrected chi connectivity index (χ1v) is 11.0. The van der Waals surface area contributed by atoms with Crippen LogP contribution >= 0.6 is 0 Å². The van der Waals surface area contributed by atoms with E-state index in [1.165, 1.54) is 5.56 Å². The van der Waals surface area contributed by atoms with Crippen LogP contribution in [0.15, 0.2) is 54.6 Å². The van der Waals surface area contributed by atoms with Crippen LogP contribution in [0.5, 0.6) is 5.75 Å². The maximum Gasteiger partial charge on any atom is 0.407 e. The Balaban J connectivity index is 1.67. The molecule has 0 aliphatic heterocycles. The summed E-state index contributed by atoms with van der Waals surface area (Å²) >= 11 is 0. The summed E-state index contributed by atoms with van der Waals surface area (Å²) in [6.45, 7) is 8.13. The number of nitrogens with one attached hydrogen (secondary N) is 2. The van der Waals surface area contributed by atoms with Crippen LogP contribution in [0.3, 0.4) is 0 Å². The molecular formula is C27H29N3O3. The first-order chi connectivity index (χ1) is 15.8. The molecule has 0 radical (unpaired) electrons. The van der Waals surface area contributed by atoms with Gasteiger partial charge in [0.25, 0.3) is 0 Å². The molecule has 1 aromatic heterocycles. The van der Waals surface area contributed by atoms with Gasteiger partial charge in [0.05, 0.1) is 23.8 Å². The summed E-state index contributed by atoms with van der Waals surface area (Å²) < 4.78 is 10.8. The number of carbonyl (C=O) groups excluding carboxylic acids is 1. The van der Waals surface area contributed by atoms with E-state index in [1.54, 1.807) is 7.11 Å². The van der Waals surface area contributed by atoms with E-state index in [9.17, 15) is 4.79 Å². The van der Waals surface area contributed by atoms with Crippen molar-refractivity contribution in [3.63, 3.8) is 0 Å². The highest BCUT2D eigenvalue weighted by atomic mass is 16.5. The Morgan fingerprint density at radius 3 is 2.39 bits per heavy atom. The molecule has 170 valence electrons. The highest BCUT2D eigenvalue weighted by Gasteiger charge is 2.13. The van der Waals surface area contributed by atoms with Crippen molar-refractivity contribution >= 4 is 39.3 Å². The van der Waals surface area contributed by atoms with Gasteiger partial charge in [0.15, 0.2) is 0 Å². The third-order valence-electron chi connectivity index (χ3n) is 5.44. The average molecular weight is 444 g/mol. The van der Waals surface area contributed by atoms with Crippen molar-refractivity contribution in [3.8, 4) is 5.75 Å². The lowest BCUT2D eigenvalue weighted by atomic mass is 10.0. The Kier molecular flexibility index (Phi) is 6.36. The van der Waals surface area contributed by atoms with Crippen LogP contribution in [0.1, 0.15) is 30.5 Å². The number of rotatable bonds is 6. The predicted octanol–water partition coefficient (Wildman–Crippen LogP) is 6.39. The zero-order chi connectivity index (χ0) is 23.5. The number of hydrogen-bond donors (Lipinski definition) is 2. The van der Waals surface area contributed by atoms with E-state index in [2.05, 4.69) is 35.8 Å². The summed E-state index contributed by atoms with van der Waals surface area (Å²) in [4.78, 5) is 16.6. The number of nitrogens with zero attached hydrogens (tertiary/aromatic N) is 1. The van der Waals surface area contributed by atoms with Crippen molar-refractivity contribution in [2.24, 2.45) is 0 Å². The number of aryl methyl sites for hydroxylation is 2. The van der Waals surface area contributed by atoms with E-state index in [1.807, 2.05) is 57.2 Å². The number of hydrogen-bond acceptors (Lipinski definition) is 5. The van der Waals surface area contributed by atoms with Crippen LogP contribution in [0.2, 0.25) is 0 Å². The van der Waals surface area contributed by atoms with Crippen molar-refractivity contribution in [2.45, 2.75) is 40.3 Å². The van der Waals surface area contributed by atoms with Crippen molar-refractivity contribution in [1.82, 2.24) is 10.3 Å². The number of carbonyl (C=O) groups is 1. The number of benzene rings is 3. The van der Waals surface area contributed by atoms with E-state index in [4.69, 9.17) is 14.5 Å². The molecule has 6 heteroatoms. The van der Waals surface area contributed by atoms with E-state index >= 15 is 0 Å². The number of anilines is 2. The Hall–Kier alpha value is -3.80. The van der Waals surface area contributed by atoms with E-state index in [0.717, 1.165) is 50.1 Å². The fourth-order valence-electron chi connectivity index (χ4n) is 3.80. The zero-order valence-electron chi connectivity index (χ0n) is 19.7. The van der Waals surface area contributed by atoms with Crippen molar-refractivity contribution in [2.75, 3.05) is 12.4 Å². The summed E-state index contributed by atoms with van der Waals surface area (Å²) in [6.07, 6.45) is -0.414. The average Bonchev–Trinajstić information content (AvgIpc) is 2.78. The van der Waals surface area contributed by atoms with Gasteiger partial charge in [0, 0.05) is 28.6 Å². The lowest BCUT2D eigenvalue weighted by Gasteiger charge is -2.16. The second kappa shape index (κ2) is 9.36. The maximum absolute atomic E-state index is 11.7. The number of aromatic nitrogens is 1. The van der Waals surface area contributed by atoms with Crippen LogP contribution in [-0.4, -0.2) is 24.2 Å². The molecule has 0 bridgehead atoms. The van der Waals surface area contributed by atoms with E-state index in [0.29, 0.717) is 0 Å². The molecule has 3 aromatic carbocycles. The molecule has 0 spiro atoms. The summed E-state index contributed by atoms with van der Waals surface area (Å²) in [6, 6.07) is 18.3. The second-order valence-electron chi connectivity index (χ2n) is 8.54. The van der Waals surface area contributed by atoms with Crippen LogP contribution in [0.25, 0.3) is 21.8 Å². The Bertz CT molecular complexity index is 1310. The summed E-state index contributed by atoms with van der Waals surface area (Å²) in [5.74, 6) is 0.818. The fraction of sp³-hybridized carbons (Fsp3) is 0.259. The number of ether oxygens (including phenoxy) is 2. The van der Waals surface area contributed by atoms with Gasteiger partial charge in [-0.05, 0) is 69.2 Å². The molecule has 33 heavy (non-hydrogen) atoms. The Labute approximate surface area is 193 Å². The van der Waals surface area contributed by atoms with Gasteiger partial charge < -0.3 is 20.1 Å². The highest BCUT2D eigenvalue weighted by molar-refractivity contribution is 6.09. The second-order valence-corrected chi connectivity index (χ2v) is 8.54. The molecule has 0 atom stereocenters. The molecule has 1 amide bonds. The molecular weight excluding hydrogens is 414 g/mol. The zero-order valence-corrected chi connectivity index (χ0v) is 19.7. The molecule has 2 N–H and O–H groups in total. The highest BCUT2D eigenvalue weighted by Crippen LogP contribution is 2.36. The lowest BCUT2D eigenvalue weighted by Crippen LogP contribution is -2.30. The first kappa shape index (κ1) is 22.4. The van der Waals surface area contributed by atoms with Gasteiger partial charge in [-0.3, -0.25) is 0 Å². The van der Waals surface area contributed by atoms with Gasteiger partial charge in [0.2, 0.25) is 0 Å². The maximum atomic E-state index is 11.7. The quantitative estimate of drug-likeness (QED) is 0.338. The fourth-order valence-corrected chi connectivity index (χ4v) is 3.80. The number of pyridine rings is 1. The Morgan fingerprint density at radius 1 is 0.970 bits per heavy atom. The molecule has 0 saturated heterocycles. The molecule has 0 saturated carbocycles. The molecule has 6 nitrogen and oxygen atoms in total. The molecule has 4 aromatic rings. The minimum Gasteiger partial charge on any atom is -0.496 e. The predicted molar refractivity (Wildman–Crippen MR) is 133 cm³/mol. The van der Waals surface area contributed by atoms with Crippen LogP contribution in [-0.2, 0) is 11.3 Å². The third-order valence-corrected chi connectivity index (χ3v) is 5.44. The van der Waals surface area contributed by atoms with Gasteiger partial charge in [0.1, 0.15) is 12.4 Å². The van der Waals surface area contributed by atoms with Crippen molar-refractivity contribution < 1.29 is 14.3 Å². The van der Waals surface area contributed by atoms with Gasteiger partial charge in [-0.15, -0.1) is 0 Å². The van der Waals surface area contributed by atoms with E-state index < -0.39 is 6.09 Å². The van der Waals surface area contributed by atoms with Crippen molar-refractivity contribution in [3.05, 3.63) is 71.3 Å². The summed E-state index contributed by atoms with van der Waals surface area (Å²) in [5, 5.41) is 8.41. The largest absolute Gasteiger partial charge is 0.496 e. The Morgan fingerprint density at radius 2 is 1.70 bits per heavy atom. The van der Waals surface area contributed by atoms with Gasteiger partial charge in [-0.25, -0.2) is 9.78 Å². The van der Waals surface area contributed by atoms with Gasteiger partial charge in [-0.1, -0.05) is 23.8 Å². The topological polar surface area (TPSA) is 72.5 Å². The molecule has 4 rings (SSSR count). The van der Waals surface area contributed by atoms with Gasteiger partial charge in [-0.2, -0.15) is 0 Å². The van der Waals surface area contributed by atoms with Gasteiger partial charge >= 0.3 is 6.09 Å². The number of alkyl carbamates (subject to hydrolysis) is 1. The molecule has 0 unspecified atom stereocenters. The molecule has 1 heterocycles. The number of fused-ring (bicyclic) bond motifs is 2. The third kappa shape index (κ3) is 5.00. The SMILES string of the molecule is COc1cc2nc3ccc(C)cc3c(Nc3ccc(COC(=O)NC(C)C)cc3)c2cc1C. The van der Waals surface area contributed by atoms with E-state index in [-0.39, 0.29) is 12.6 Å². The first-order valence-electron chi connectivity index (χ1n) is 11.0. The summed E-state index contributed by atoms with van der Waals surface area (Å²) in [5.41, 5.74) is 6.87. The number of amides is 1. The standard InChI is InChI=1S/C27H29N3O3/c1-16(2)28-27(31)33-15-19-7-9-20(10-8-19)29-26-21-12-17(3)6-11-23(21)30-24-14-25(32-5)18(4)13-22(24)26/h6-14,16H,15H2,1-5H3,(H,28,31)(H,29,30). The minimum absolute atomic E-state index is 0.0429. The van der Waals surface area contributed by atoms with Crippen LogP contribution in [0, 0.1) is 13.8 Å². The normalized spacial score (nSPS) is 11.1.